The van der Waals surface area contributed by atoms with Crippen molar-refractivity contribution in [2.45, 2.75) is 20.8 Å². The third-order valence-electron chi connectivity index (χ3n) is 9.02. The monoisotopic (exact) mass is 651 g/mol. The Hall–Kier alpha value is -6.53. The summed E-state index contributed by atoms with van der Waals surface area (Å²) in [6.07, 6.45) is 1.47. The van der Waals surface area contributed by atoms with Crippen LogP contribution in [-0.4, -0.2) is 17.2 Å². The van der Waals surface area contributed by atoms with E-state index >= 15 is 0 Å². The van der Waals surface area contributed by atoms with Gasteiger partial charge in [0.1, 0.15) is 17.2 Å². The maximum atomic E-state index is 14.4. The summed E-state index contributed by atoms with van der Waals surface area (Å²) in [5.41, 5.74) is 9.69. The van der Waals surface area contributed by atoms with Gasteiger partial charge in [0.2, 0.25) is 0 Å². The molecule has 0 saturated heterocycles. The van der Waals surface area contributed by atoms with Crippen molar-refractivity contribution in [3.05, 3.63) is 161 Å². The molecular formula is C44H33N3O3. The Labute approximate surface area is 290 Å². The second kappa shape index (κ2) is 12.8. The third kappa shape index (κ3) is 5.77. The van der Waals surface area contributed by atoms with Gasteiger partial charge in [0, 0.05) is 39.2 Å². The van der Waals surface area contributed by atoms with Gasteiger partial charge in [-0.25, -0.2) is 9.98 Å². The highest BCUT2D eigenvalue weighted by molar-refractivity contribution is 6.29. The van der Waals surface area contributed by atoms with Crippen LogP contribution >= 0.6 is 0 Å². The number of aromatic nitrogens is 1. The second-order valence-corrected chi connectivity index (χ2v) is 12.5. The molecule has 0 saturated carbocycles. The predicted molar refractivity (Wildman–Crippen MR) is 202 cm³/mol. The number of ether oxygens (including phenoxy) is 2. The quantitative estimate of drug-likeness (QED) is 0.131. The van der Waals surface area contributed by atoms with Gasteiger partial charge in [-0.1, -0.05) is 72.8 Å². The Morgan fingerprint density at radius 1 is 0.680 bits per heavy atom. The first-order chi connectivity index (χ1) is 24.4. The summed E-state index contributed by atoms with van der Waals surface area (Å²) < 4.78 is 12.6. The molecule has 6 heteroatoms. The first-order valence-electron chi connectivity index (χ1n) is 16.5. The third-order valence-corrected chi connectivity index (χ3v) is 9.02. The van der Waals surface area contributed by atoms with E-state index in [-0.39, 0.29) is 5.78 Å². The molecule has 1 N–H and O–H groups in total. The summed E-state index contributed by atoms with van der Waals surface area (Å²) in [4.78, 5) is 24.5. The lowest BCUT2D eigenvalue weighted by molar-refractivity contribution is 0.104. The number of hydrogen-bond acceptors (Lipinski definition) is 6. The van der Waals surface area contributed by atoms with Crippen LogP contribution < -0.4 is 14.8 Å². The van der Waals surface area contributed by atoms with Crippen LogP contribution in [0.4, 0.5) is 17.1 Å². The zero-order valence-corrected chi connectivity index (χ0v) is 27.9. The van der Waals surface area contributed by atoms with Crippen LogP contribution in [0.25, 0.3) is 33.3 Å². The van der Waals surface area contributed by atoms with E-state index in [4.69, 9.17) is 19.5 Å². The molecular weight excluding hydrogens is 619 g/mol. The molecule has 7 aromatic rings. The van der Waals surface area contributed by atoms with Gasteiger partial charge in [-0.05, 0) is 92.1 Å². The second-order valence-electron chi connectivity index (χ2n) is 12.5. The fraction of sp³-hybridized carbons (Fsp3) is 0.0682. The van der Waals surface area contributed by atoms with Crippen LogP contribution in [-0.2, 0) is 0 Å². The van der Waals surface area contributed by atoms with Crippen LogP contribution in [0.2, 0.25) is 0 Å². The van der Waals surface area contributed by atoms with Crippen molar-refractivity contribution >= 4 is 40.0 Å². The number of aryl methyl sites for hydroxylation is 3. The number of anilines is 2. The van der Waals surface area contributed by atoms with E-state index in [1.807, 2.05) is 134 Å². The van der Waals surface area contributed by atoms with Gasteiger partial charge in [0.25, 0.3) is 0 Å². The van der Waals surface area contributed by atoms with E-state index in [9.17, 15) is 4.79 Å². The van der Waals surface area contributed by atoms with Gasteiger partial charge >= 0.3 is 0 Å². The Morgan fingerprint density at radius 3 is 2.16 bits per heavy atom. The minimum Gasteiger partial charge on any atom is -0.457 e. The van der Waals surface area contributed by atoms with Crippen molar-refractivity contribution in [2.75, 3.05) is 5.32 Å². The molecule has 0 atom stereocenters. The molecule has 0 aliphatic heterocycles. The van der Waals surface area contributed by atoms with Crippen molar-refractivity contribution in [1.82, 2.24) is 4.98 Å². The number of carbonyl (C=O) groups is 1. The van der Waals surface area contributed by atoms with E-state index in [0.29, 0.717) is 51.1 Å². The van der Waals surface area contributed by atoms with E-state index in [1.165, 1.54) is 6.40 Å². The molecule has 1 aliphatic carbocycles. The summed E-state index contributed by atoms with van der Waals surface area (Å²) in [5.74, 6) is 1.93. The molecule has 1 aromatic heterocycles. The summed E-state index contributed by atoms with van der Waals surface area (Å²) in [6, 6.07) is 43.1. The molecule has 0 bridgehead atoms. The van der Waals surface area contributed by atoms with Gasteiger partial charge in [0.05, 0.1) is 28.3 Å². The van der Waals surface area contributed by atoms with Gasteiger partial charge < -0.3 is 14.8 Å². The van der Waals surface area contributed by atoms with E-state index in [2.05, 4.69) is 25.2 Å². The smallest absolute Gasteiger partial charge is 0.196 e. The van der Waals surface area contributed by atoms with E-state index < -0.39 is 0 Å². The van der Waals surface area contributed by atoms with Gasteiger partial charge in [0.15, 0.2) is 12.2 Å². The zero-order chi connectivity index (χ0) is 34.2. The molecule has 0 radical (unpaired) electrons. The number of rotatable bonds is 8. The first-order valence-corrected chi connectivity index (χ1v) is 16.5. The molecule has 0 spiro atoms. The van der Waals surface area contributed by atoms with Crippen molar-refractivity contribution in [1.29, 1.82) is 0 Å². The number of nitrogens with one attached hydrogen (secondary N) is 1. The molecule has 50 heavy (non-hydrogen) atoms. The Morgan fingerprint density at radius 2 is 1.38 bits per heavy atom. The Balaban J connectivity index is 1.39. The summed E-state index contributed by atoms with van der Waals surface area (Å²) in [5, 5.41) is 5.03. The molecule has 0 fully saturated rings. The number of ketones is 1. The van der Waals surface area contributed by atoms with E-state index in [1.54, 1.807) is 0 Å². The van der Waals surface area contributed by atoms with E-state index in [0.717, 1.165) is 44.3 Å². The number of benzene rings is 6. The number of fused-ring (bicyclic) bond motifs is 2. The molecule has 1 aliphatic rings. The minimum atomic E-state index is -0.0669. The molecule has 8 rings (SSSR count). The lowest BCUT2D eigenvalue weighted by atomic mass is 9.83. The number of carbonyl (C=O) groups excluding carboxylic acids is 1. The van der Waals surface area contributed by atoms with Crippen LogP contribution in [0.15, 0.2) is 138 Å². The Bertz CT molecular complexity index is 2450. The number of hydrogen-bond donors (Lipinski definition) is 1. The number of aliphatic imine (C=N–C) groups is 1. The largest absolute Gasteiger partial charge is 0.457 e. The van der Waals surface area contributed by atoms with Crippen LogP contribution in [0.5, 0.6) is 17.2 Å². The number of pyridine rings is 1. The van der Waals surface area contributed by atoms with Crippen molar-refractivity contribution < 1.29 is 14.3 Å². The predicted octanol–water partition coefficient (Wildman–Crippen LogP) is 11.3. The van der Waals surface area contributed by atoms with Gasteiger partial charge in [-0.3, -0.25) is 4.79 Å². The molecule has 242 valence electrons. The van der Waals surface area contributed by atoms with Crippen molar-refractivity contribution in [3.63, 3.8) is 0 Å². The van der Waals surface area contributed by atoms with Gasteiger partial charge in [-0.2, -0.15) is 0 Å². The van der Waals surface area contributed by atoms with Crippen molar-refractivity contribution in [2.24, 2.45) is 4.99 Å². The highest BCUT2D eigenvalue weighted by Gasteiger charge is 2.31. The lowest BCUT2D eigenvalue weighted by Crippen LogP contribution is -2.14. The zero-order valence-electron chi connectivity index (χ0n) is 27.9. The molecule has 6 nitrogen and oxygen atoms in total. The summed E-state index contributed by atoms with van der Waals surface area (Å²) >= 11 is 0. The average Bonchev–Trinajstić information content (AvgIpc) is 3.13. The van der Waals surface area contributed by atoms with Crippen LogP contribution in [0.1, 0.15) is 32.6 Å². The SMILES string of the molecule is Cc1cccc(Oc2cc(Nc3ccccc3)c3c4c(nc(-c5cc(C)c(C)cc5N=COc5ccccc5)cc24)-c2ccccc2C3=O)c1. The standard InChI is InChI=1S/C44H33N3O3/c1-27-13-12-18-32(21-27)50-40-25-39(46-30-14-6-4-7-15-30)42-41-36(40)24-38(47-43(41)33-19-10-11-20-34(33)44(42)48)35-22-28(2)29(3)23-37(35)45-26-49-31-16-8-5-9-17-31/h4-26,46H,1-3H3. The molecule has 1 heterocycles. The molecule has 0 amide bonds. The fourth-order valence-electron chi connectivity index (χ4n) is 6.42. The highest BCUT2D eigenvalue weighted by Crippen LogP contribution is 2.48. The lowest BCUT2D eigenvalue weighted by Gasteiger charge is -2.25. The molecule has 6 aromatic carbocycles. The maximum absolute atomic E-state index is 14.4. The van der Waals surface area contributed by atoms with Crippen LogP contribution in [0.3, 0.4) is 0 Å². The normalized spacial score (nSPS) is 11.9. The fourth-order valence-corrected chi connectivity index (χ4v) is 6.42. The molecule has 0 unspecified atom stereocenters. The van der Waals surface area contributed by atoms with Gasteiger partial charge in [-0.15, -0.1) is 0 Å². The van der Waals surface area contributed by atoms with Crippen molar-refractivity contribution in [3.8, 4) is 39.8 Å². The van der Waals surface area contributed by atoms with Crippen LogP contribution in [0, 0.1) is 20.8 Å². The Kier molecular flexibility index (Phi) is 7.89. The summed E-state index contributed by atoms with van der Waals surface area (Å²) in [6.45, 7) is 6.18. The first kappa shape index (κ1) is 30.8. The topological polar surface area (TPSA) is 72.8 Å². The maximum Gasteiger partial charge on any atom is 0.196 e. The summed E-state index contributed by atoms with van der Waals surface area (Å²) in [7, 11) is 0. The number of para-hydroxylation sites is 2. The minimum absolute atomic E-state index is 0.0669. The number of nitrogens with zero attached hydrogens (tertiary/aromatic N) is 2. The average molecular weight is 652 g/mol. The highest BCUT2D eigenvalue weighted by atomic mass is 16.5.